The second-order valence-corrected chi connectivity index (χ2v) is 4.05. The maximum absolute atomic E-state index is 4.32. The van der Waals surface area contributed by atoms with Gasteiger partial charge in [-0.3, -0.25) is 4.98 Å². The van der Waals surface area contributed by atoms with Crippen LogP contribution >= 0.6 is 15.9 Å². The van der Waals surface area contributed by atoms with Gasteiger partial charge in [0.15, 0.2) is 0 Å². The number of nitrogens with zero attached hydrogens (tertiary/aromatic N) is 1. The minimum atomic E-state index is 1.00. The van der Waals surface area contributed by atoms with E-state index in [1.54, 1.807) is 0 Å². The Labute approximate surface area is 91.9 Å². The van der Waals surface area contributed by atoms with Gasteiger partial charge in [0.25, 0.3) is 0 Å². The fourth-order valence-electron chi connectivity index (χ4n) is 1.36. The van der Waals surface area contributed by atoms with Crippen molar-refractivity contribution in [1.82, 2.24) is 4.98 Å². The van der Waals surface area contributed by atoms with Crippen LogP contribution < -0.4 is 0 Å². The zero-order valence-electron chi connectivity index (χ0n) is 7.87. The van der Waals surface area contributed by atoms with Crippen LogP contribution in [-0.4, -0.2) is 4.98 Å². The molecule has 0 atom stereocenters. The van der Waals surface area contributed by atoms with Crippen LogP contribution in [0.5, 0.6) is 0 Å². The van der Waals surface area contributed by atoms with E-state index in [1.807, 2.05) is 24.4 Å². The molecule has 1 aromatic carbocycles. The summed E-state index contributed by atoms with van der Waals surface area (Å²) in [5, 5.41) is 0. The van der Waals surface area contributed by atoms with Crippen molar-refractivity contribution < 1.29 is 0 Å². The number of aryl methyl sites for hydroxylation is 1. The molecule has 14 heavy (non-hydrogen) atoms. The summed E-state index contributed by atoms with van der Waals surface area (Å²) < 4.78 is 1.09. The van der Waals surface area contributed by atoms with Crippen LogP contribution in [0.4, 0.5) is 0 Å². The summed E-state index contributed by atoms with van der Waals surface area (Å²) in [5.41, 5.74) is 3.39. The van der Waals surface area contributed by atoms with Gasteiger partial charge in [0.2, 0.25) is 0 Å². The van der Waals surface area contributed by atoms with Crippen molar-refractivity contribution in [3.8, 4) is 11.3 Å². The Balaban J connectivity index is 2.57. The van der Waals surface area contributed by atoms with Crippen LogP contribution in [0.3, 0.4) is 0 Å². The summed E-state index contributed by atoms with van der Waals surface area (Å²) in [5.74, 6) is 0. The number of aromatic nitrogens is 1. The molecule has 0 amide bonds. The minimum absolute atomic E-state index is 1.00. The monoisotopic (exact) mass is 247 g/mol. The quantitative estimate of drug-likeness (QED) is 0.747. The number of hydrogen-bond acceptors (Lipinski definition) is 1. The van der Waals surface area contributed by atoms with Crippen molar-refractivity contribution in [2.45, 2.75) is 6.92 Å². The molecule has 0 spiro atoms. The highest BCUT2D eigenvalue weighted by molar-refractivity contribution is 9.10. The molecule has 0 fully saturated rings. The van der Waals surface area contributed by atoms with E-state index < -0.39 is 0 Å². The molecule has 1 nitrogen and oxygen atoms in total. The smallest absolute Gasteiger partial charge is 0.0713 e. The first kappa shape index (κ1) is 9.41. The SMILES string of the molecule is Cc1ccc(Br)c(-c2ccccn2)c1. The largest absolute Gasteiger partial charge is 0.256 e. The fourth-order valence-corrected chi connectivity index (χ4v) is 1.81. The van der Waals surface area contributed by atoms with Gasteiger partial charge in [0, 0.05) is 16.2 Å². The van der Waals surface area contributed by atoms with Gasteiger partial charge in [-0.25, -0.2) is 0 Å². The van der Waals surface area contributed by atoms with Crippen LogP contribution in [0.15, 0.2) is 47.1 Å². The molecule has 2 rings (SSSR count). The Morgan fingerprint density at radius 3 is 2.71 bits per heavy atom. The number of hydrogen-bond donors (Lipinski definition) is 0. The van der Waals surface area contributed by atoms with E-state index in [4.69, 9.17) is 0 Å². The Bertz CT molecular complexity index is 437. The van der Waals surface area contributed by atoms with E-state index >= 15 is 0 Å². The highest BCUT2D eigenvalue weighted by atomic mass is 79.9. The Kier molecular flexibility index (Phi) is 2.64. The van der Waals surface area contributed by atoms with Gasteiger partial charge >= 0.3 is 0 Å². The molecular weight excluding hydrogens is 238 g/mol. The molecule has 0 aliphatic carbocycles. The van der Waals surface area contributed by atoms with Crippen molar-refractivity contribution in [1.29, 1.82) is 0 Å². The van der Waals surface area contributed by atoms with E-state index in [9.17, 15) is 0 Å². The molecule has 1 heterocycles. The molecule has 2 aromatic rings. The molecule has 2 heteroatoms. The standard InChI is InChI=1S/C12H10BrN/c1-9-5-6-11(13)10(8-9)12-4-2-3-7-14-12/h2-8H,1H3. The molecule has 0 aliphatic heterocycles. The first-order valence-corrected chi connectivity index (χ1v) is 5.24. The number of rotatable bonds is 1. The van der Waals surface area contributed by atoms with Crippen molar-refractivity contribution in [3.63, 3.8) is 0 Å². The maximum Gasteiger partial charge on any atom is 0.0713 e. The van der Waals surface area contributed by atoms with Crippen molar-refractivity contribution in [2.24, 2.45) is 0 Å². The van der Waals surface area contributed by atoms with Gasteiger partial charge in [-0.15, -0.1) is 0 Å². The average Bonchev–Trinajstić information content (AvgIpc) is 2.23. The van der Waals surface area contributed by atoms with E-state index in [0.29, 0.717) is 0 Å². The predicted octanol–water partition coefficient (Wildman–Crippen LogP) is 3.82. The second-order valence-electron chi connectivity index (χ2n) is 3.20. The summed E-state index contributed by atoms with van der Waals surface area (Å²) in [7, 11) is 0. The Morgan fingerprint density at radius 2 is 2.00 bits per heavy atom. The van der Waals surface area contributed by atoms with Gasteiger partial charge in [0.05, 0.1) is 5.69 Å². The highest BCUT2D eigenvalue weighted by Crippen LogP contribution is 2.27. The van der Waals surface area contributed by atoms with Crippen molar-refractivity contribution in [3.05, 3.63) is 52.6 Å². The van der Waals surface area contributed by atoms with Crippen molar-refractivity contribution >= 4 is 15.9 Å². The van der Waals surface area contributed by atoms with Crippen LogP contribution in [0, 0.1) is 6.92 Å². The Morgan fingerprint density at radius 1 is 1.14 bits per heavy atom. The molecule has 0 saturated carbocycles. The third-order valence-corrected chi connectivity index (χ3v) is 2.75. The normalized spacial score (nSPS) is 10.1. The zero-order chi connectivity index (χ0) is 9.97. The minimum Gasteiger partial charge on any atom is -0.256 e. The van der Waals surface area contributed by atoms with Crippen LogP contribution in [-0.2, 0) is 0 Å². The Hall–Kier alpha value is -1.15. The molecule has 0 radical (unpaired) electrons. The summed E-state index contributed by atoms with van der Waals surface area (Å²) in [6.07, 6.45) is 1.81. The van der Waals surface area contributed by atoms with Gasteiger partial charge < -0.3 is 0 Å². The van der Waals surface area contributed by atoms with E-state index in [2.05, 4.69) is 46.0 Å². The molecule has 1 aromatic heterocycles. The number of benzene rings is 1. The number of pyridine rings is 1. The lowest BCUT2D eigenvalue weighted by Gasteiger charge is -2.04. The molecular formula is C12H10BrN. The summed E-state index contributed by atoms with van der Waals surface area (Å²) >= 11 is 3.53. The topological polar surface area (TPSA) is 12.9 Å². The highest BCUT2D eigenvalue weighted by Gasteiger charge is 2.03. The van der Waals surface area contributed by atoms with E-state index in [0.717, 1.165) is 15.7 Å². The molecule has 70 valence electrons. The lowest BCUT2D eigenvalue weighted by atomic mass is 10.1. The molecule has 0 aliphatic rings. The third-order valence-electron chi connectivity index (χ3n) is 2.06. The van der Waals surface area contributed by atoms with Gasteiger partial charge in [0.1, 0.15) is 0 Å². The molecule has 0 bridgehead atoms. The predicted molar refractivity (Wildman–Crippen MR) is 62.1 cm³/mol. The van der Waals surface area contributed by atoms with E-state index in [1.165, 1.54) is 5.56 Å². The first-order chi connectivity index (χ1) is 6.77. The molecule has 0 unspecified atom stereocenters. The summed E-state index contributed by atoms with van der Waals surface area (Å²) in [4.78, 5) is 4.32. The van der Waals surface area contributed by atoms with Crippen LogP contribution in [0.25, 0.3) is 11.3 Å². The van der Waals surface area contributed by atoms with Gasteiger partial charge in [-0.1, -0.05) is 33.6 Å². The fraction of sp³-hybridized carbons (Fsp3) is 0.0833. The number of halogens is 1. The molecule has 0 saturated heterocycles. The third kappa shape index (κ3) is 1.85. The first-order valence-electron chi connectivity index (χ1n) is 4.45. The van der Waals surface area contributed by atoms with Gasteiger partial charge in [-0.2, -0.15) is 0 Å². The molecule has 0 N–H and O–H groups in total. The summed E-state index contributed by atoms with van der Waals surface area (Å²) in [6, 6.07) is 12.2. The maximum atomic E-state index is 4.32. The lowest BCUT2D eigenvalue weighted by molar-refractivity contribution is 1.31. The zero-order valence-corrected chi connectivity index (χ0v) is 9.45. The second kappa shape index (κ2) is 3.93. The van der Waals surface area contributed by atoms with Gasteiger partial charge in [-0.05, 0) is 31.2 Å². The lowest BCUT2D eigenvalue weighted by Crippen LogP contribution is -1.84. The van der Waals surface area contributed by atoms with Crippen LogP contribution in [0.1, 0.15) is 5.56 Å². The average molecular weight is 248 g/mol. The van der Waals surface area contributed by atoms with E-state index in [-0.39, 0.29) is 0 Å². The summed E-state index contributed by atoms with van der Waals surface area (Å²) in [6.45, 7) is 2.08. The van der Waals surface area contributed by atoms with Crippen LogP contribution in [0.2, 0.25) is 0 Å². The van der Waals surface area contributed by atoms with Crippen molar-refractivity contribution in [2.75, 3.05) is 0 Å².